The number of carboxylic acid groups (broad SMARTS) is 1. The third-order valence-electron chi connectivity index (χ3n) is 4.35. The molecule has 0 spiro atoms. The van der Waals surface area contributed by atoms with Crippen LogP contribution in [0.15, 0.2) is 24.3 Å². The summed E-state index contributed by atoms with van der Waals surface area (Å²) in [4.78, 5) is 25.6. The van der Waals surface area contributed by atoms with Crippen LogP contribution in [0.3, 0.4) is 0 Å². The molecule has 1 heterocycles. The zero-order chi connectivity index (χ0) is 15.6. The Morgan fingerprint density at radius 1 is 1.43 bits per heavy atom. The van der Waals surface area contributed by atoms with Crippen molar-refractivity contribution in [2.24, 2.45) is 11.7 Å². The Morgan fingerprint density at radius 3 is 2.71 bits per heavy atom. The summed E-state index contributed by atoms with van der Waals surface area (Å²) >= 11 is 0. The molecule has 1 amide bonds. The van der Waals surface area contributed by atoms with Crippen LogP contribution in [0.4, 0.5) is 5.69 Å². The van der Waals surface area contributed by atoms with Crippen molar-refractivity contribution in [1.82, 2.24) is 0 Å². The predicted octanol–water partition coefficient (Wildman–Crippen LogP) is 1.96. The lowest BCUT2D eigenvalue weighted by atomic mass is 9.89. The molecule has 2 rings (SSSR count). The number of para-hydroxylation sites is 1. The second-order valence-electron chi connectivity index (χ2n) is 5.64. The Balaban J connectivity index is 2.33. The lowest BCUT2D eigenvalue weighted by Gasteiger charge is -2.35. The van der Waals surface area contributed by atoms with E-state index in [0.29, 0.717) is 24.2 Å². The number of nitrogens with zero attached hydrogens (tertiary/aromatic N) is 1. The van der Waals surface area contributed by atoms with Crippen molar-refractivity contribution in [3.8, 4) is 0 Å². The number of nitrogens with two attached hydrogens (primary N) is 1. The van der Waals surface area contributed by atoms with Gasteiger partial charge in [-0.1, -0.05) is 38.5 Å². The maximum Gasteiger partial charge on any atom is 0.311 e. The van der Waals surface area contributed by atoms with Crippen molar-refractivity contribution in [1.29, 1.82) is 0 Å². The van der Waals surface area contributed by atoms with Crippen LogP contribution in [0, 0.1) is 5.92 Å². The monoisotopic (exact) mass is 290 g/mol. The van der Waals surface area contributed by atoms with Gasteiger partial charge in [-0.05, 0) is 24.0 Å². The van der Waals surface area contributed by atoms with Crippen LogP contribution in [0.25, 0.3) is 0 Å². The highest BCUT2D eigenvalue weighted by Crippen LogP contribution is 2.35. The van der Waals surface area contributed by atoms with Crippen LogP contribution in [0.1, 0.15) is 38.2 Å². The summed E-state index contributed by atoms with van der Waals surface area (Å²) in [5, 5.41) is 9.32. The van der Waals surface area contributed by atoms with Gasteiger partial charge in [0.1, 0.15) is 0 Å². The van der Waals surface area contributed by atoms with E-state index in [4.69, 9.17) is 5.73 Å². The van der Waals surface area contributed by atoms with Gasteiger partial charge < -0.3 is 15.7 Å². The van der Waals surface area contributed by atoms with E-state index in [0.717, 1.165) is 6.42 Å². The van der Waals surface area contributed by atoms with E-state index in [-0.39, 0.29) is 11.8 Å². The molecule has 1 unspecified atom stereocenters. The quantitative estimate of drug-likeness (QED) is 0.888. The van der Waals surface area contributed by atoms with E-state index in [1.807, 2.05) is 19.9 Å². The van der Waals surface area contributed by atoms with Crippen LogP contribution < -0.4 is 10.6 Å². The number of carbonyl (C=O) groups is 2. The molecule has 0 saturated carbocycles. The zero-order valence-electron chi connectivity index (χ0n) is 12.5. The van der Waals surface area contributed by atoms with Crippen molar-refractivity contribution in [3.63, 3.8) is 0 Å². The Kier molecular flexibility index (Phi) is 4.63. The largest absolute Gasteiger partial charge is 0.481 e. The van der Waals surface area contributed by atoms with Crippen LogP contribution in [0.5, 0.6) is 0 Å². The molecular formula is C16H22N2O3. The van der Waals surface area contributed by atoms with Crippen molar-refractivity contribution in [3.05, 3.63) is 29.8 Å². The van der Waals surface area contributed by atoms with Crippen LogP contribution in [0.2, 0.25) is 0 Å². The molecular weight excluding hydrogens is 268 g/mol. The number of rotatable bonds is 4. The number of fused-ring (bicyclic) bond motifs is 1. The highest BCUT2D eigenvalue weighted by atomic mass is 16.4. The van der Waals surface area contributed by atoms with Gasteiger partial charge in [0.2, 0.25) is 5.91 Å². The lowest BCUT2D eigenvalue weighted by molar-refractivity contribution is -0.139. The van der Waals surface area contributed by atoms with E-state index in [9.17, 15) is 14.7 Å². The number of carboxylic acids is 1. The maximum absolute atomic E-state index is 12.6. The first-order valence-corrected chi connectivity index (χ1v) is 7.36. The van der Waals surface area contributed by atoms with E-state index >= 15 is 0 Å². The molecule has 0 fully saturated rings. The normalized spacial score (nSPS) is 20.5. The summed E-state index contributed by atoms with van der Waals surface area (Å²) in [6.07, 6.45) is 1.26. The summed E-state index contributed by atoms with van der Waals surface area (Å²) < 4.78 is 0. The minimum atomic E-state index is -0.847. The Morgan fingerprint density at radius 2 is 2.10 bits per heavy atom. The molecule has 1 aliphatic rings. The molecule has 0 radical (unpaired) electrons. The number of carbonyl (C=O) groups excluding carboxylic acids is 1. The van der Waals surface area contributed by atoms with E-state index < -0.39 is 17.9 Å². The molecule has 0 saturated heterocycles. The van der Waals surface area contributed by atoms with Gasteiger partial charge in [0.05, 0.1) is 12.0 Å². The Labute approximate surface area is 124 Å². The van der Waals surface area contributed by atoms with Gasteiger partial charge in [0, 0.05) is 12.2 Å². The van der Waals surface area contributed by atoms with Crippen molar-refractivity contribution in [2.75, 3.05) is 11.4 Å². The molecule has 1 aliphatic heterocycles. The molecule has 0 aliphatic carbocycles. The number of benzene rings is 1. The van der Waals surface area contributed by atoms with Gasteiger partial charge in [-0.3, -0.25) is 9.59 Å². The first-order chi connectivity index (χ1) is 9.97. The minimum absolute atomic E-state index is 0.0989. The fourth-order valence-electron chi connectivity index (χ4n) is 2.72. The second kappa shape index (κ2) is 6.26. The van der Waals surface area contributed by atoms with E-state index in [1.165, 1.54) is 0 Å². The highest BCUT2D eigenvalue weighted by molar-refractivity contribution is 5.99. The third kappa shape index (κ3) is 2.93. The third-order valence-corrected chi connectivity index (χ3v) is 4.35. The Hall–Kier alpha value is -1.88. The summed E-state index contributed by atoms with van der Waals surface area (Å²) in [5.41, 5.74) is 7.42. The average Bonchev–Trinajstić information content (AvgIpc) is 2.51. The first-order valence-electron chi connectivity index (χ1n) is 7.36. The maximum atomic E-state index is 12.6. The molecule has 3 N–H and O–H groups in total. The molecule has 1 aromatic carbocycles. The first kappa shape index (κ1) is 15.5. The SMILES string of the molecule is CC[C@H](C)[C@H](N)C(=O)N1CCC(C(=O)O)c2ccccc21. The molecule has 5 heteroatoms. The van der Waals surface area contributed by atoms with Gasteiger partial charge in [0.15, 0.2) is 0 Å². The van der Waals surface area contributed by atoms with Crippen molar-refractivity contribution >= 4 is 17.6 Å². The Bertz CT molecular complexity index is 544. The zero-order valence-corrected chi connectivity index (χ0v) is 12.5. The van der Waals surface area contributed by atoms with Crippen LogP contribution in [-0.4, -0.2) is 29.6 Å². The number of hydrogen-bond acceptors (Lipinski definition) is 3. The fourth-order valence-corrected chi connectivity index (χ4v) is 2.72. The highest BCUT2D eigenvalue weighted by Gasteiger charge is 2.34. The number of hydrogen-bond donors (Lipinski definition) is 2. The molecule has 5 nitrogen and oxygen atoms in total. The lowest BCUT2D eigenvalue weighted by Crippen LogP contribution is -2.49. The second-order valence-corrected chi connectivity index (χ2v) is 5.64. The summed E-state index contributed by atoms with van der Waals surface area (Å²) in [6, 6.07) is 6.65. The molecule has 21 heavy (non-hydrogen) atoms. The minimum Gasteiger partial charge on any atom is -0.481 e. The average molecular weight is 290 g/mol. The standard InChI is InChI=1S/C16H22N2O3/c1-3-10(2)14(17)15(19)18-9-8-12(16(20)21)11-6-4-5-7-13(11)18/h4-7,10,12,14H,3,8-9,17H2,1-2H3,(H,20,21)/t10-,12?,14-/m0/s1. The van der Waals surface area contributed by atoms with E-state index in [2.05, 4.69) is 0 Å². The smallest absolute Gasteiger partial charge is 0.311 e. The van der Waals surface area contributed by atoms with Crippen molar-refractivity contribution < 1.29 is 14.7 Å². The fraction of sp³-hybridized carbons (Fsp3) is 0.500. The van der Waals surface area contributed by atoms with Crippen molar-refractivity contribution in [2.45, 2.75) is 38.6 Å². The number of anilines is 1. The van der Waals surface area contributed by atoms with Gasteiger partial charge >= 0.3 is 5.97 Å². The molecule has 0 aromatic heterocycles. The van der Waals surface area contributed by atoms with Crippen LogP contribution in [-0.2, 0) is 9.59 Å². The van der Waals surface area contributed by atoms with Crippen LogP contribution >= 0.6 is 0 Å². The summed E-state index contributed by atoms with van der Waals surface area (Å²) in [5.74, 6) is -1.42. The van der Waals surface area contributed by atoms with Gasteiger partial charge in [-0.2, -0.15) is 0 Å². The molecule has 0 bridgehead atoms. The van der Waals surface area contributed by atoms with Gasteiger partial charge in [-0.15, -0.1) is 0 Å². The van der Waals surface area contributed by atoms with Gasteiger partial charge in [-0.25, -0.2) is 0 Å². The molecule has 3 atom stereocenters. The summed E-state index contributed by atoms with van der Waals surface area (Å²) in [7, 11) is 0. The summed E-state index contributed by atoms with van der Waals surface area (Å²) in [6.45, 7) is 4.36. The number of amides is 1. The molecule has 114 valence electrons. The number of aliphatic carboxylic acids is 1. The topological polar surface area (TPSA) is 83.6 Å². The molecule has 1 aromatic rings. The predicted molar refractivity (Wildman–Crippen MR) is 81.2 cm³/mol. The van der Waals surface area contributed by atoms with Gasteiger partial charge in [0.25, 0.3) is 0 Å². The van der Waals surface area contributed by atoms with E-state index in [1.54, 1.807) is 23.1 Å².